The SMILES string of the molecule is C.C.C.C.C.C.C.C.CC(CC1CC2CCC1C2)(OC1CCCCO1)C(F)(F)F.CCOCOC(CC1CC2CCC1C2)(C(F)(F)F)C(F)(F)F.CO[Si](C)(C)OC.CO[Si](C)(C)OC.CO[Si](C)(C)OC.CO[Si](C)(C)OC.FC(F)(F)C(CC1CC2CCC1C2)(OC1CCCCO1)C(F)(F)F.FC(F)(F)C(CC1CC2CCC1C2)OC1CCCCO1. The van der Waals surface area contributed by atoms with Crippen LogP contribution in [0.1, 0.15) is 259 Å². The Labute approximate surface area is 735 Å². The summed E-state index contributed by atoms with van der Waals surface area (Å²) in [5.41, 5.74) is -10.3. The van der Waals surface area contributed by atoms with Crippen LogP contribution in [0.3, 0.4) is 0 Å². The van der Waals surface area contributed by atoms with Crippen LogP contribution in [-0.2, 0) is 73.3 Å². The standard InChI is InChI=1S/C16H22F6O2.C16H25F3O2.C15H23F3O2.C14H20F6O2.4C4H12O2Si.8CH4/c17-15(18,19)14(16(20,21)22,24-13-3-1-2-6-23-13)9-12-8-10-4-5-11(12)7-10;1-15(16(17,18)19,21-14-4-2-3-7-20-14)10-13-9-11-5-6-12(13)8-11;16-15(17,18)13(20-14-3-1-2-6-19-14)9-12-8-10-4-5-11(12)7-10;1-2-21-8-22-12(13(15,16)17,14(18,19)20)7-11-6-9-3-4-10(11)5-9;4*1-5-7(3,4)6-2;;;;;;;;/h10-13H,1-9H2;11-14H,2-10H2,1H3;10-14H,1-9H2;9-11H,2-8H2,1H3;4*1-4H3;8*1H4. The number of fused-ring (bicyclic) bond motifs is 8. The van der Waals surface area contributed by atoms with E-state index in [0.29, 0.717) is 81.8 Å². The first kappa shape index (κ1) is 130. The molecule has 748 valence electrons. The second-order valence-electron chi connectivity index (χ2n) is 34.7. The summed E-state index contributed by atoms with van der Waals surface area (Å²) in [5, 5.41) is 0. The topological polar surface area (TPSA) is 148 Å². The maximum absolute atomic E-state index is 13.6. The zero-order valence-electron chi connectivity index (χ0n) is 71.1. The molecule has 123 heavy (non-hydrogen) atoms. The number of ether oxygens (including phenoxy) is 8. The van der Waals surface area contributed by atoms with Crippen LogP contribution in [0, 0.1) is 71.0 Å². The van der Waals surface area contributed by atoms with Crippen LogP contribution >= 0.6 is 0 Å². The largest absolute Gasteiger partial charge is 0.426 e. The summed E-state index contributed by atoms with van der Waals surface area (Å²) in [4.78, 5) is 0. The van der Waals surface area contributed by atoms with Crippen molar-refractivity contribution >= 4 is 34.2 Å². The van der Waals surface area contributed by atoms with Crippen molar-refractivity contribution < 1.29 is 152 Å². The highest BCUT2D eigenvalue weighted by molar-refractivity contribution is 6.65. The van der Waals surface area contributed by atoms with Gasteiger partial charge in [-0.25, -0.2) is 0 Å². The average molecular weight is 1900 g/mol. The fraction of sp³-hybridized carbons (Fsp3) is 1.00. The molecule has 11 rings (SSSR count). The molecule has 17 unspecified atom stereocenters. The van der Waals surface area contributed by atoms with Gasteiger partial charge in [0.2, 0.25) is 0 Å². The summed E-state index contributed by atoms with van der Waals surface area (Å²) in [6.07, 6.45) is -16.7. The second kappa shape index (κ2) is 56.9. The Morgan fingerprint density at radius 2 is 0.602 bits per heavy atom. The smallest absolute Gasteiger partial charge is 0.398 e. The van der Waals surface area contributed by atoms with Gasteiger partial charge in [-0.2, -0.15) is 79.0 Å². The highest BCUT2D eigenvalue weighted by atomic mass is 28.4. The zero-order valence-corrected chi connectivity index (χ0v) is 75.1. The average Bonchev–Trinajstić information content (AvgIpc) is 1.73. The number of halogens is 18. The van der Waals surface area contributed by atoms with Crippen molar-refractivity contribution in [3.8, 4) is 0 Å². The van der Waals surface area contributed by atoms with Gasteiger partial charge in [-0.05, 0) is 298 Å². The van der Waals surface area contributed by atoms with Crippen LogP contribution in [0.4, 0.5) is 79.0 Å². The first-order valence-corrected chi connectivity index (χ1v) is 52.3. The first-order valence-electron chi connectivity index (χ1n) is 41.0. The highest BCUT2D eigenvalue weighted by Crippen LogP contribution is 2.60. The lowest BCUT2D eigenvalue weighted by molar-refractivity contribution is -0.416. The van der Waals surface area contributed by atoms with Crippen molar-refractivity contribution in [3.05, 3.63) is 0 Å². The number of hydrogen-bond donors (Lipinski definition) is 0. The lowest BCUT2D eigenvalue weighted by Crippen LogP contribution is -2.61. The Morgan fingerprint density at radius 1 is 0.325 bits per heavy atom. The molecule has 0 N–H and O–H groups in total. The number of alkyl halides is 18. The van der Waals surface area contributed by atoms with E-state index in [2.05, 4.69) is 9.47 Å². The molecule has 0 aromatic heterocycles. The predicted octanol–water partition coefficient (Wildman–Crippen LogP) is 27.9. The van der Waals surface area contributed by atoms with Crippen molar-refractivity contribution in [3.63, 3.8) is 0 Å². The summed E-state index contributed by atoms with van der Waals surface area (Å²) >= 11 is 0. The molecule has 0 aromatic rings. The summed E-state index contributed by atoms with van der Waals surface area (Å²) in [6.45, 7) is 18.8. The van der Waals surface area contributed by atoms with E-state index in [4.69, 9.17) is 63.8 Å². The molecule has 0 amide bonds. The van der Waals surface area contributed by atoms with E-state index >= 15 is 0 Å². The molecular formula is C85H170F18O16Si4. The van der Waals surface area contributed by atoms with Crippen LogP contribution in [-0.4, -0.2) is 203 Å². The fourth-order valence-electron chi connectivity index (χ4n) is 17.4. The minimum atomic E-state index is -5.52. The van der Waals surface area contributed by atoms with Crippen molar-refractivity contribution in [1.29, 1.82) is 0 Å². The first-order chi connectivity index (χ1) is 53.1. The van der Waals surface area contributed by atoms with Gasteiger partial charge in [-0.1, -0.05) is 85.1 Å². The van der Waals surface area contributed by atoms with E-state index in [1.807, 2.05) is 52.4 Å². The molecular weight excluding hydrogens is 1730 g/mol. The third-order valence-corrected chi connectivity index (χ3v) is 33.4. The summed E-state index contributed by atoms with van der Waals surface area (Å²) < 4.78 is 322. The predicted molar refractivity (Wildman–Crippen MR) is 460 cm³/mol. The van der Waals surface area contributed by atoms with Crippen molar-refractivity contribution in [2.75, 3.05) is 90.1 Å². The van der Waals surface area contributed by atoms with Crippen LogP contribution < -0.4 is 0 Å². The summed E-state index contributed by atoms with van der Waals surface area (Å²) in [7, 11) is 6.81. The number of hydrogen-bond acceptors (Lipinski definition) is 16. The molecule has 11 aliphatic rings. The van der Waals surface area contributed by atoms with Crippen LogP contribution in [0.25, 0.3) is 0 Å². The third-order valence-electron chi connectivity index (χ3n) is 25.6. The molecule has 0 radical (unpaired) electrons. The number of rotatable bonds is 26. The quantitative estimate of drug-likeness (QED) is 0.0350. The van der Waals surface area contributed by atoms with Crippen LogP contribution in [0.5, 0.6) is 0 Å². The Kier molecular flexibility index (Phi) is 60.3. The van der Waals surface area contributed by atoms with Gasteiger partial charge in [-0.15, -0.1) is 0 Å². The van der Waals surface area contributed by atoms with E-state index in [9.17, 15) is 79.0 Å². The molecule has 17 atom stereocenters. The zero-order chi connectivity index (χ0) is 87.1. The molecule has 3 heterocycles. The van der Waals surface area contributed by atoms with E-state index in [0.717, 1.165) is 96.3 Å². The van der Waals surface area contributed by atoms with Crippen LogP contribution in [0.2, 0.25) is 52.4 Å². The maximum Gasteiger partial charge on any atom is 0.426 e. The van der Waals surface area contributed by atoms with E-state index in [1.165, 1.54) is 26.7 Å². The maximum atomic E-state index is 13.6. The molecule has 3 aliphatic heterocycles. The van der Waals surface area contributed by atoms with Gasteiger partial charge >= 0.3 is 71.3 Å². The normalized spacial score (nSPS) is 27.9. The molecule has 16 nitrogen and oxygen atoms in total. The van der Waals surface area contributed by atoms with Gasteiger partial charge in [0.15, 0.2) is 30.6 Å². The van der Waals surface area contributed by atoms with E-state index in [-0.39, 0.29) is 127 Å². The highest BCUT2D eigenvalue weighted by Gasteiger charge is 2.75. The molecule has 3 saturated heterocycles. The van der Waals surface area contributed by atoms with E-state index in [1.54, 1.807) is 56.9 Å². The van der Waals surface area contributed by atoms with Crippen molar-refractivity contribution in [1.82, 2.24) is 0 Å². The van der Waals surface area contributed by atoms with Gasteiger partial charge in [0, 0.05) is 83.3 Å². The molecule has 11 fully saturated rings. The lowest BCUT2D eigenvalue weighted by atomic mass is 9.79. The van der Waals surface area contributed by atoms with Gasteiger partial charge in [0.25, 0.3) is 11.2 Å². The molecule has 8 saturated carbocycles. The summed E-state index contributed by atoms with van der Waals surface area (Å²) in [6, 6.07) is 0. The van der Waals surface area contributed by atoms with Gasteiger partial charge in [0.1, 0.15) is 6.79 Å². The minimum Gasteiger partial charge on any atom is -0.398 e. The Balaban J connectivity index is -0.000000447. The Hall–Kier alpha value is -1.03. The Bertz CT molecular complexity index is 2580. The Morgan fingerprint density at radius 3 is 0.829 bits per heavy atom. The molecule has 38 heteroatoms. The molecule has 8 aliphatic carbocycles. The monoisotopic (exact) mass is 1900 g/mol. The van der Waals surface area contributed by atoms with Crippen LogP contribution in [0.15, 0.2) is 0 Å². The van der Waals surface area contributed by atoms with E-state index < -0.39 is 145 Å². The molecule has 8 bridgehead atoms. The minimum absolute atomic E-state index is 0. The van der Waals surface area contributed by atoms with Gasteiger partial charge in [0.05, 0.1) is 0 Å². The van der Waals surface area contributed by atoms with Crippen molar-refractivity contribution in [2.24, 2.45) is 71.0 Å². The van der Waals surface area contributed by atoms with Crippen molar-refractivity contribution in [2.45, 2.75) is 391 Å². The van der Waals surface area contributed by atoms with Gasteiger partial charge < -0.3 is 73.3 Å². The molecule has 0 spiro atoms. The fourth-order valence-corrected chi connectivity index (χ4v) is 18.1. The third kappa shape index (κ3) is 40.8. The lowest BCUT2D eigenvalue weighted by Gasteiger charge is -2.42. The summed E-state index contributed by atoms with van der Waals surface area (Å²) in [5.74, 6) is 1.93. The van der Waals surface area contributed by atoms with Gasteiger partial charge in [-0.3, -0.25) is 0 Å². The second-order valence-corrected chi connectivity index (χ2v) is 49.2. The molecule has 0 aromatic carbocycles.